The molecule has 1 aromatic rings. The van der Waals surface area contributed by atoms with Gasteiger partial charge < -0.3 is 4.90 Å². The van der Waals surface area contributed by atoms with Crippen LogP contribution in [-0.4, -0.2) is 33.7 Å². The molecular formula is C15H23N3O. The van der Waals surface area contributed by atoms with Crippen molar-refractivity contribution in [3.8, 4) is 0 Å². The second-order valence-electron chi connectivity index (χ2n) is 6.13. The largest absolute Gasteiger partial charge is 0.340 e. The molecule has 0 spiro atoms. The van der Waals surface area contributed by atoms with Crippen LogP contribution in [0.15, 0.2) is 12.4 Å². The number of hydrogen-bond acceptors (Lipinski definition) is 2. The number of carbonyl (C=O) groups is 1. The van der Waals surface area contributed by atoms with Crippen molar-refractivity contribution in [2.75, 3.05) is 13.1 Å². The summed E-state index contributed by atoms with van der Waals surface area (Å²) >= 11 is 0. The predicted molar refractivity (Wildman–Crippen MR) is 73.8 cm³/mol. The number of aryl methyl sites for hydroxylation is 1. The molecule has 1 aromatic heterocycles. The number of nitrogens with zero attached hydrogens (tertiary/aromatic N) is 3. The molecule has 1 atom stereocenters. The van der Waals surface area contributed by atoms with Crippen LogP contribution in [0.3, 0.4) is 0 Å². The molecule has 4 nitrogen and oxygen atoms in total. The Morgan fingerprint density at radius 3 is 2.84 bits per heavy atom. The van der Waals surface area contributed by atoms with Gasteiger partial charge in [0.2, 0.25) is 5.91 Å². The molecule has 0 aromatic carbocycles. The summed E-state index contributed by atoms with van der Waals surface area (Å²) in [4.78, 5) is 14.3. The highest BCUT2D eigenvalue weighted by Gasteiger charge is 2.29. The Morgan fingerprint density at radius 1 is 1.37 bits per heavy atom. The highest BCUT2D eigenvalue weighted by molar-refractivity contribution is 5.76. The monoisotopic (exact) mass is 261 g/mol. The van der Waals surface area contributed by atoms with E-state index >= 15 is 0 Å². The SMILES string of the molecule is Cc1cnn(C2CCN(C(=O)CC3CCCC3)C2)c1. The van der Waals surface area contributed by atoms with E-state index in [1.165, 1.54) is 31.2 Å². The second kappa shape index (κ2) is 5.35. The van der Waals surface area contributed by atoms with Crippen molar-refractivity contribution < 1.29 is 4.79 Å². The molecule has 104 valence electrons. The van der Waals surface area contributed by atoms with Crippen LogP contribution in [0.4, 0.5) is 0 Å². The molecule has 2 aliphatic rings. The van der Waals surface area contributed by atoms with E-state index in [0.717, 1.165) is 25.9 Å². The summed E-state index contributed by atoms with van der Waals surface area (Å²) in [6.07, 6.45) is 10.9. The molecule has 2 heterocycles. The van der Waals surface area contributed by atoms with Gasteiger partial charge in [0.05, 0.1) is 12.2 Å². The van der Waals surface area contributed by atoms with Crippen molar-refractivity contribution in [2.45, 2.75) is 51.5 Å². The minimum Gasteiger partial charge on any atom is -0.340 e. The average molecular weight is 261 g/mol. The number of rotatable bonds is 3. The molecule has 19 heavy (non-hydrogen) atoms. The van der Waals surface area contributed by atoms with Gasteiger partial charge in [-0.3, -0.25) is 9.48 Å². The van der Waals surface area contributed by atoms with Gasteiger partial charge >= 0.3 is 0 Å². The quantitative estimate of drug-likeness (QED) is 0.838. The lowest BCUT2D eigenvalue weighted by atomic mass is 10.0. The van der Waals surface area contributed by atoms with E-state index in [-0.39, 0.29) is 0 Å². The van der Waals surface area contributed by atoms with Crippen LogP contribution in [0.1, 0.15) is 50.1 Å². The van der Waals surface area contributed by atoms with Crippen LogP contribution >= 0.6 is 0 Å². The summed E-state index contributed by atoms with van der Waals surface area (Å²) in [7, 11) is 0. The highest BCUT2D eigenvalue weighted by atomic mass is 16.2. The van der Waals surface area contributed by atoms with Crippen molar-refractivity contribution in [1.82, 2.24) is 14.7 Å². The standard InChI is InChI=1S/C15H23N3O/c1-12-9-16-18(10-12)14-6-7-17(11-14)15(19)8-13-4-2-3-5-13/h9-10,13-14H,2-8,11H2,1H3. The van der Waals surface area contributed by atoms with Crippen molar-refractivity contribution in [3.63, 3.8) is 0 Å². The topological polar surface area (TPSA) is 38.1 Å². The van der Waals surface area contributed by atoms with E-state index in [1.54, 1.807) is 0 Å². The molecule has 0 bridgehead atoms. The molecule has 1 saturated carbocycles. The Labute approximate surface area is 114 Å². The van der Waals surface area contributed by atoms with E-state index < -0.39 is 0 Å². The summed E-state index contributed by atoms with van der Waals surface area (Å²) in [6, 6.07) is 0.376. The molecule has 1 aliphatic heterocycles. The van der Waals surface area contributed by atoms with Gasteiger partial charge in [0.15, 0.2) is 0 Å². The first-order valence-corrected chi connectivity index (χ1v) is 7.51. The van der Waals surface area contributed by atoms with Gasteiger partial charge in [-0.1, -0.05) is 12.8 Å². The lowest BCUT2D eigenvalue weighted by Crippen LogP contribution is -2.30. The Balaban J connectivity index is 1.54. The second-order valence-corrected chi connectivity index (χ2v) is 6.13. The Bertz CT molecular complexity index is 448. The lowest BCUT2D eigenvalue weighted by molar-refractivity contribution is -0.131. The summed E-state index contributed by atoms with van der Waals surface area (Å²) in [5.41, 5.74) is 1.19. The maximum absolute atomic E-state index is 12.3. The molecule has 0 N–H and O–H groups in total. The minimum atomic E-state index is 0.360. The van der Waals surface area contributed by atoms with Crippen LogP contribution in [0.25, 0.3) is 0 Å². The van der Waals surface area contributed by atoms with Crippen molar-refractivity contribution >= 4 is 5.91 Å². The van der Waals surface area contributed by atoms with Gasteiger partial charge in [0, 0.05) is 25.7 Å². The molecule has 0 radical (unpaired) electrons. The fraction of sp³-hybridized carbons (Fsp3) is 0.733. The Morgan fingerprint density at radius 2 is 2.16 bits per heavy atom. The minimum absolute atomic E-state index is 0.360. The summed E-state index contributed by atoms with van der Waals surface area (Å²) in [5.74, 6) is 1.01. The smallest absolute Gasteiger partial charge is 0.222 e. The molecule has 1 unspecified atom stereocenters. The van der Waals surface area contributed by atoms with E-state index in [9.17, 15) is 4.79 Å². The molecule has 1 amide bonds. The lowest BCUT2D eigenvalue weighted by Gasteiger charge is -2.18. The maximum Gasteiger partial charge on any atom is 0.222 e. The first-order valence-electron chi connectivity index (χ1n) is 7.51. The third-order valence-corrected chi connectivity index (χ3v) is 4.56. The first kappa shape index (κ1) is 12.7. The van der Waals surface area contributed by atoms with Crippen LogP contribution in [0.2, 0.25) is 0 Å². The number of likely N-dealkylation sites (tertiary alicyclic amines) is 1. The maximum atomic E-state index is 12.3. The van der Waals surface area contributed by atoms with Gasteiger partial charge in [-0.15, -0.1) is 0 Å². The van der Waals surface area contributed by atoms with Gasteiger partial charge in [0.1, 0.15) is 0 Å². The van der Waals surface area contributed by atoms with Crippen LogP contribution in [0, 0.1) is 12.8 Å². The van der Waals surface area contributed by atoms with Gasteiger partial charge in [0.25, 0.3) is 0 Å². The molecule has 1 aliphatic carbocycles. The zero-order valence-corrected chi connectivity index (χ0v) is 11.7. The third-order valence-electron chi connectivity index (χ3n) is 4.56. The zero-order chi connectivity index (χ0) is 13.2. The molecular weight excluding hydrogens is 238 g/mol. The fourth-order valence-electron chi connectivity index (χ4n) is 3.41. The molecule has 4 heteroatoms. The highest BCUT2D eigenvalue weighted by Crippen LogP contribution is 2.29. The van der Waals surface area contributed by atoms with E-state index in [0.29, 0.717) is 17.9 Å². The van der Waals surface area contributed by atoms with Crippen molar-refractivity contribution in [3.05, 3.63) is 18.0 Å². The molecule has 3 rings (SSSR count). The van der Waals surface area contributed by atoms with Crippen LogP contribution in [0.5, 0.6) is 0 Å². The van der Waals surface area contributed by atoms with Gasteiger partial charge in [-0.2, -0.15) is 5.10 Å². The van der Waals surface area contributed by atoms with Gasteiger partial charge in [-0.05, 0) is 37.7 Å². The molecule has 1 saturated heterocycles. The Hall–Kier alpha value is -1.32. The summed E-state index contributed by atoms with van der Waals surface area (Å²) in [5, 5.41) is 4.37. The number of hydrogen-bond donors (Lipinski definition) is 0. The average Bonchev–Trinajstić information content (AvgIpc) is 3.07. The van der Waals surface area contributed by atoms with Crippen molar-refractivity contribution in [2.24, 2.45) is 5.92 Å². The van der Waals surface area contributed by atoms with E-state index in [2.05, 4.69) is 18.2 Å². The summed E-state index contributed by atoms with van der Waals surface area (Å²) in [6.45, 7) is 3.79. The fourth-order valence-corrected chi connectivity index (χ4v) is 3.41. The van der Waals surface area contributed by atoms with Crippen molar-refractivity contribution in [1.29, 1.82) is 0 Å². The third kappa shape index (κ3) is 2.82. The number of amides is 1. The van der Waals surface area contributed by atoms with Crippen LogP contribution in [-0.2, 0) is 4.79 Å². The van der Waals surface area contributed by atoms with Crippen LogP contribution < -0.4 is 0 Å². The first-order chi connectivity index (χ1) is 9.22. The summed E-state index contributed by atoms with van der Waals surface area (Å²) < 4.78 is 2.03. The Kier molecular flexibility index (Phi) is 3.58. The normalized spacial score (nSPS) is 24.3. The molecule has 2 fully saturated rings. The number of aromatic nitrogens is 2. The zero-order valence-electron chi connectivity index (χ0n) is 11.7. The van der Waals surface area contributed by atoms with Gasteiger partial charge in [-0.25, -0.2) is 0 Å². The number of carbonyl (C=O) groups excluding carboxylic acids is 1. The van der Waals surface area contributed by atoms with E-state index in [4.69, 9.17) is 0 Å². The predicted octanol–water partition coefficient (Wildman–Crippen LogP) is 2.55. The van der Waals surface area contributed by atoms with E-state index in [1.807, 2.05) is 15.8 Å².